The number of halogens is 2. The minimum atomic E-state index is -0.617. The lowest BCUT2D eigenvalue weighted by molar-refractivity contribution is -0.143. The Bertz CT molecular complexity index is 1550. The molecule has 3 aromatic carbocycles. The van der Waals surface area contributed by atoms with Crippen LogP contribution in [0, 0.1) is 6.92 Å². The molecule has 1 atom stereocenters. The first-order valence-corrected chi connectivity index (χ1v) is 13.9. The van der Waals surface area contributed by atoms with E-state index in [9.17, 15) is 9.59 Å². The number of nitrogens with zero attached hydrogens (tertiary/aromatic N) is 1. The average molecular weight is 582 g/mol. The summed E-state index contributed by atoms with van der Waals surface area (Å²) >= 11 is 14.2. The molecule has 6 nitrogen and oxygen atoms in total. The Hall–Kier alpha value is -3.39. The smallest absolute Gasteiger partial charge is 0.412 e. The summed E-state index contributed by atoms with van der Waals surface area (Å²) in [7, 11) is 1.40. The van der Waals surface area contributed by atoms with E-state index in [1.165, 1.54) is 18.6 Å². The van der Waals surface area contributed by atoms with Gasteiger partial charge in [0.25, 0.3) is 0 Å². The Balaban J connectivity index is 1.32. The fraction of sp³-hybridized carbons (Fsp3) is 0.233. The fourth-order valence-corrected chi connectivity index (χ4v) is 6.18. The number of rotatable bonds is 7. The van der Waals surface area contributed by atoms with E-state index in [0.717, 1.165) is 45.5 Å². The molecule has 1 unspecified atom stereocenters. The standard InChI is InChI=1S/C30H26Cl2N2O4S/c1-17-26(33-29(36)38-18(2)22-6-4-5-7-24(22)31)27(39-34-17)20-10-8-19(9-11-20)21-12-13-23(25(32)16-21)30(14-15-30)28(35)37-3/h4-13,16,18H,14-15H2,1-3H3,(H,33,36). The SMILES string of the molecule is COC(=O)C1(c2ccc(-c3ccc(-c4snc(C)c4NC(=O)OC(C)c4ccccc4Cl)cc3)cc2Cl)CC1. The van der Waals surface area contributed by atoms with Gasteiger partial charge in [-0.05, 0) is 72.6 Å². The number of amides is 1. The van der Waals surface area contributed by atoms with Crippen molar-refractivity contribution in [1.29, 1.82) is 0 Å². The molecule has 0 spiro atoms. The number of carbonyl (C=O) groups is 2. The lowest BCUT2D eigenvalue weighted by Crippen LogP contribution is -2.22. The normalized spacial score (nSPS) is 14.4. The zero-order valence-corrected chi connectivity index (χ0v) is 23.9. The molecule has 0 bridgehead atoms. The van der Waals surface area contributed by atoms with E-state index in [1.807, 2.05) is 67.6 Å². The molecule has 9 heteroatoms. The maximum atomic E-state index is 12.7. The molecule has 200 valence electrons. The van der Waals surface area contributed by atoms with Crippen molar-refractivity contribution < 1.29 is 19.1 Å². The maximum absolute atomic E-state index is 12.7. The predicted molar refractivity (Wildman–Crippen MR) is 156 cm³/mol. The number of carbonyl (C=O) groups excluding carboxylic acids is 2. The van der Waals surface area contributed by atoms with Crippen LogP contribution in [-0.2, 0) is 19.7 Å². The highest BCUT2D eigenvalue weighted by Crippen LogP contribution is 2.52. The van der Waals surface area contributed by atoms with Gasteiger partial charge in [-0.1, -0.05) is 77.8 Å². The third-order valence-corrected chi connectivity index (χ3v) is 8.65. The summed E-state index contributed by atoms with van der Waals surface area (Å²) in [6, 6.07) is 21.0. The van der Waals surface area contributed by atoms with Crippen molar-refractivity contribution in [2.75, 3.05) is 12.4 Å². The van der Waals surface area contributed by atoms with Gasteiger partial charge >= 0.3 is 12.1 Å². The summed E-state index contributed by atoms with van der Waals surface area (Å²) in [5.74, 6) is -0.243. The molecule has 1 N–H and O–H groups in total. The first-order chi connectivity index (χ1) is 18.7. The van der Waals surface area contributed by atoms with Gasteiger partial charge in [-0.2, -0.15) is 4.37 Å². The molecule has 0 saturated heterocycles. The number of hydrogen-bond acceptors (Lipinski definition) is 6. The van der Waals surface area contributed by atoms with Crippen molar-refractivity contribution in [3.05, 3.63) is 93.6 Å². The molecular formula is C30H26Cl2N2O4S. The van der Waals surface area contributed by atoms with Crippen molar-refractivity contribution in [2.24, 2.45) is 0 Å². The van der Waals surface area contributed by atoms with Crippen molar-refractivity contribution in [3.63, 3.8) is 0 Å². The number of esters is 1. The summed E-state index contributed by atoms with van der Waals surface area (Å²) < 4.78 is 15.0. The number of ether oxygens (including phenoxy) is 2. The average Bonchev–Trinajstić information content (AvgIpc) is 3.66. The number of hydrogen-bond donors (Lipinski definition) is 1. The van der Waals surface area contributed by atoms with Crippen molar-refractivity contribution >= 4 is 52.5 Å². The molecule has 39 heavy (non-hydrogen) atoms. The number of aromatic nitrogens is 1. The van der Waals surface area contributed by atoms with Crippen LogP contribution in [0.4, 0.5) is 10.5 Å². The third-order valence-electron chi connectivity index (χ3n) is 7.01. The number of nitrogens with one attached hydrogen (secondary N) is 1. The van der Waals surface area contributed by atoms with E-state index in [1.54, 1.807) is 13.0 Å². The van der Waals surface area contributed by atoms with Crippen LogP contribution in [0.1, 0.15) is 42.7 Å². The molecule has 0 aliphatic heterocycles. The minimum Gasteiger partial charge on any atom is -0.468 e. The molecular weight excluding hydrogens is 555 g/mol. The molecule has 4 aromatic rings. The molecule has 1 fully saturated rings. The second kappa shape index (κ2) is 11.0. The lowest BCUT2D eigenvalue weighted by atomic mass is 9.93. The maximum Gasteiger partial charge on any atom is 0.412 e. The Morgan fingerprint density at radius 1 is 0.974 bits per heavy atom. The number of anilines is 1. The summed E-state index contributed by atoms with van der Waals surface area (Å²) in [5.41, 5.74) is 5.04. The first-order valence-electron chi connectivity index (χ1n) is 12.4. The van der Waals surface area contributed by atoms with Gasteiger partial charge in [0.05, 0.1) is 28.8 Å². The van der Waals surface area contributed by atoms with Crippen LogP contribution in [0.3, 0.4) is 0 Å². The molecule has 1 aliphatic rings. The molecule has 1 amide bonds. The van der Waals surface area contributed by atoms with Crippen LogP contribution >= 0.6 is 34.7 Å². The minimum absolute atomic E-state index is 0.243. The Labute approximate surface area is 241 Å². The summed E-state index contributed by atoms with van der Waals surface area (Å²) in [4.78, 5) is 25.8. The van der Waals surface area contributed by atoms with Gasteiger partial charge in [-0.15, -0.1) is 0 Å². The Morgan fingerprint density at radius 2 is 1.64 bits per heavy atom. The fourth-order valence-electron chi connectivity index (χ4n) is 4.67. The van der Waals surface area contributed by atoms with Crippen molar-refractivity contribution in [2.45, 2.75) is 38.2 Å². The van der Waals surface area contributed by atoms with Gasteiger partial charge in [0.2, 0.25) is 0 Å². The van der Waals surface area contributed by atoms with Gasteiger partial charge < -0.3 is 9.47 Å². The molecule has 1 saturated carbocycles. The van der Waals surface area contributed by atoms with E-state index in [-0.39, 0.29) is 5.97 Å². The highest BCUT2D eigenvalue weighted by atomic mass is 35.5. The van der Waals surface area contributed by atoms with Gasteiger partial charge in [-0.3, -0.25) is 10.1 Å². The van der Waals surface area contributed by atoms with Crippen LogP contribution in [0.5, 0.6) is 0 Å². The molecule has 1 aromatic heterocycles. The largest absolute Gasteiger partial charge is 0.468 e. The van der Waals surface area contributed by atoms with Gasteiger partial charge in [-0.25, -0.2) is 4.79 Å². The highest BCUT2D eigenvalue weighted by Gasteiger charge is 2.53. The van der Waals surface area contributed by atoms with Crippen LogP contribution in [0.25, 0.3) is 21.6 Å². The zero-order valence-electron chi connectivity index (χ0n) is 21.6. The van der Waals surface area contributed by atoms with E-state index in [0.29, 0.717) is 21.4 Å². The van der Waals surface area contributed by atoms with Gasteiger partial charge in [0.1, 0.15) is 6.10 Å². The summed E-state index contributed by atoms with van der Waals surface area (Å²) in [6.45, 7) is 3.61. The van der Waals surface area contributed by atoms with E-state index < -0.39 is 17.6 Å². The molecule has 0 radical (unpaired) electrons. The zero-order chi connectivity index (χ0) is 27.7. The van der Waals surface area contributed by atoms with E-state index >= 15 is 0 Å². The number of aryl methyl sites for hydroxylation is 1. The monoisotopic (exact) mass is 580 g/mol. The van der Waals surface area contributed by atoms with Gasteiger partial charge in [0, 0.05) is 15.6 Å². The lowest BCUT2D eigenvalue weighted by Gasteiger charge is -2.16. The molecule has 1 aliphatic carbocycles. The number of benzene rings is 3. The van der Waals surface area contributed by atoms with Crippen molar-refractivity contribution in [3.8, 4) is 21.6 Å². The summed E-state index contributed by atoms with van der Waals surface area (Å²) in [5, 5.41) is 3.95. The topological polar surface area (TPSA) is 77.5 Å². The van der Waals surface area contributed by atoms with Gasteiger partial charge in [0.15, 0.2) is 0 Å². The van der Waals surface area contributed by atoms with Crippen LogP contribution < -0.4 is 5.32 Å². The Kier molecular flexibility index (Phi) is 7.67. The predicted octanol–water partition coefficient (Wildman–Crippen LogP) is 8.61. The third kappa shape index (κ3) is 5.39. The second-order valence-electron chi connectivity index (χ2n) is 9.51. The second-order valence-corrected chi connectivity index (χ2v) is 11.1. The van der Waals surface area contributed by atoms with Crippen LogP contribution in [-0.4, -0.2) is 23.5 Å². The molecule has 1 heterocycles. The van der Waals surface area contributed by atoms with Crippen molar-refractivity contribution in [1.82, 2.24) is 4.37 Å². The molecule has 5 rings (SSSR count). The van der Waals surface area contributed by atoms with Crippen LogP contribution in [0.15, 0.2) is 66.7 Å². The quantitative estimate of drug-likeness (QED) is 0.221. The van der Waals surface area contributed by atoms with Crippen LogP contribution in [0.2, 0.25) is 10.0 Å². The van der Waals surface area contributed by atoms with E-state index in [2.05, 4.69) is 9.69 Å². The highest BCUT2D eigenvalue weighted by molar-refractivity contribution is 7.10. The summed E-state index contributed by atoms with van der Waals surface area (Å²) in [6.07, 6.45) is 0.377. The first kappa shape index (κ1) is 27.2. The number of methoxy groups -OCH3 is 1. The van der Waals surface area contributed by atoms with E-state index in [4.69, 9.17) is 32.7 Å². The Morgan fingerprint density at radius 3 is 2.28 bits per heavy atom.